The number of hydrogen-bond donors (Lipinski definition) is 0. The summed E-state index contributed by atoms with van der Waals surface area (Å²) in [6, 6.07) is 10.5. The number of ketones is 1. The van der Waals surface area contributed by atoms with Gasteiger partial charge in [-0.2, -0.15) is 0 Å². The topological polar surface area (TPSA) is 83.8 Å². The van der Waals surface area contributed by atoms with Gasteiger partial charge in [0.15, 0.2) is 17.3 Å². The molecular formula is C22H19NO6. The number of ether oxygens (including phenoxy) is 3. The lowest BCUT2D eigenvalue weighted by molar-refractivity contribution is -0.140. The summed E-state index contributed by atoms with van der Waals surface area (Å²) in [6.45, 7) is 0.0752. The average Bonchev–Trinajstić information content (AvgIpc) is 3.05. The highest BCUT2D eigenvalue weighted by Gasteiger charge is 2.33. The second-order valence-electron chi connectivity index (χ2n) is 6.60. The van der Waals surface area contributed by atoms with Gasteiger partial charge in [0, 0.05) is 23.1 Å². The van der Waals surface area contributed by atoms with Crippen molar-refractivity contribution in [2.24, 2.45) is 0 Å². The molecule has 0 unspecified atom stereocenters. The van der Waals surface area contributed by atoms with E-state index in [0.29, 0.717) is 33.5 Å². The summed E-state index contributed by atoms with van der Waals surface area (Å²) >= 11 is 0. The van der Waals surface area contributed by atoms with E-state index in [0.717, 1.165) is 0 Å². The van der Waals surface area contributed by atoms with E-state index in [1.807, 2.05) is 6.07 Å². The molecule has 3 aromatic rings. The zero-order chi connectivity index (χ0) is 20.7. The predicted octanol–water partition coefficient (Wildman–Crippen LogP) is 2.79. The first kappa shape index (κ1) is 18.7. The van der Waals surface area contributed by atoms with E-state index in [2.05, 4.69) is 0 Å². The van der Waals surface area contributed by atoms with Crippen LogP contribution in [-0.4, -0.2) is 37.6 Å². The van der Waals surface area contributed by atoms with E-state index in [1.54, 1.807) is 30.3 Å². The van der Waals surface area contributed by atoms with Gasteiger partial charge in [-0.3, -0.25) is 14.4 Å². The van der Waals surface area contributed by atoms with Gasteiger partial charge in [0.2, 0.25) is 0 Å². The van der Waals surface area contributed by atoms with Gasteiger partial charge in [-0.25, -0.2) is 0 Å². The fraction of sp³-hybridized carbons (Fsp3) is 0.227. The number of fused-ring (bicyclic) bond motifs is 5. The maximum absolute atomic E-state index is 13.5. The molecule has 0 spiro atoms. The monoisotopic (exact) mass is 393 g/mol. The predicted molar refractivity (Wildman–Crippen MR) is 107 cm³/mol. The van der Waals surface area contributed by atoms with Gasteiger partial charge in [-0.1, -0.05) is 24.3 Å². The molecule has 0 N–H and O–H groups in total. The van der Waals surface area contributed by atoms with Crippen LogP contribution in [0.4, 0.5) is 0 Å². The Kier molecular flexibility index (Phi) is 4.58. The van der Waals surface area contributed by atoms with Gasteiger partial charge in [0.25, 0.3) is 5.56 Å². The Morgan fingerprint density at radius 3 is 2.34 bits per heavy atom. The lowest BCUT2D eigenvalue weighted by Gasteiger charge is -2.17. The Morgan fingerprint density at radius 1 is 0.966 bits per heavy atom. The minimum atomic E-state index is -0.444. The molecule has 1 heterocycles. The van der Waals surface area contributed by atoms with Crippen LogP contribution in [0.1, 0.15) is 22.3 Å². The lowest BCUT2D eigenvalue weighted by Crippen LogP contribution is -2.25. The Hall–Kier alpha value is -3.61. The molecule has 0 saturated heterocycles. The van der Waals surface area contributed by atoms with Crippen LogP contribution in [0.25, 0.3) is 22.0 Å². The number of hydrogen-bond acceptors (Lipinski definition) is 6. The highest BCUT2D eigenvalue weighted by molar-refractivity contribution is 6.27. The van der Waals surface area contributed by atoms with Gasteiger partial charge in [-0.05, 0) is 12.1 Å². The van der Waals surface area contributed by atoms with Crippen molar-refractivity contribution in [3.63, 3.8) is 0 Å². The number of benzene rings is 2. The zero-order valence-electron chi connectivity index (χ0n) is 16.3. The molecule has 0 bridgehead atoms. The first-order chi connectivity index (χ1) is 14.0. The zero-order valence-corrected chi connectivity index (χ0v) is 16.3. The summed E-state index contributed by atoms with van der Waals surface area (Å²) in [7, 11) is 4.22. The molecule has 1 aromatic heterocycles. The van der Waals surface area contributed by atoms with Crippen LogP contribution in [-0.2, 0) is 16.1 Å². The Morgan fingerprint density at radius 2 is 1.69 bits per heavy atom. The first-order valence-electron chi connectivity index (χ1n) is 9.05. The van der Waals surface area contributed by atoms with Crippen LogP contribution in [0.15, 0.2) is 41.2 Å². The summed E-state index contributed by atoms with van der Waals surface area (Å²) in [4.78, 5) is 38.5. The van der Waals surface area contributed by atoms with Crippen molar-refractivity contribution < 1.29 is 23.8 Å². The third kappa shape index (κ3) is 2.69. The number of carbonyl (C=O) groups is 2. The second kappa shape index (κ2) is 7.09. The molecular weight excluding hydrogens is 374 g/mol. The maximum atomic E-state index is 13.5. The van der Waals surface area contributed by atoms with Crippen molar-refractivity contribution >= 4 is 22.5 Å². The number of carbonyl (C=O) groups excluding carboxylic acids is 2. The molecule has 7 heteroatoms. The van der Waals surface area contributed by atoms with Crippen LogP contribution < -0.4 is 15.0 Å². The molecule has 0 aliphatic heterocycles. The largest absolute Gasteiger partial charge is 0.493 e. The Labute approximate surface area is 166 Å². The molecule has 2 aromatic carbocycles. The summed E-state index contributed by atoms with van der Waals surface area (Å²) < 4.78 is 17.0. The molecule has 7 nitrogen and oxygen atoms in total. The minimum Gasteiger partial charge on any atom is -0.493 e. The fourth-order valence-electron chi connectivity index (χ4n) is 3.90. The SMILES string of the molecule is COC(=O)CCn1c2c(c3ccc(OC)c(OC)c3c1=O)C(=O)c1ccccc1-2. The van der Waals surface area contributed by atoms with E-state index in [1.165, 1.54) is 25.9 Å². The van der Waals surface area contributed by atoms with Crippen LogP contribution in [0.5, 0.6) is 11.5 Å². The van der Waals surface area contributed by atoms with E-state index in [4.69, 9.17) is 14.2 Å². The van der Waals surface area contributed by atoms with E-state index in [-0.39, 0.29) is 35.4 Å². The smallest absolute Gasteiger partial charge is 0.307 e. The molecule has 0 saturated carbocycles. The molecule has 148 valence electrons. The molecule has 0 radical (unpaired) electrons. The number of methoxy groups -OCH3 is 3. The number of esters is 1. The molecule has 0 amide bonds. The van der Waals surface area contributed by atoms with Crippen molar-refractivity contribution in [3.8, 4) is 22.8 Å². The van der Waals surface area contributed by atoms with Gasteiger partial charge in [0.05, 0.1) is 44.4 Å². The average molecular weight is 393 g/mol. The summed E-state index contributed by atoms with van der Waals surface area (Å²) in [5.41, 5.74) is 1.77. The van der Waals surface area contributed by atoms with Crippen molar-refractivity contribution in [2.75, 3.05) is 21.3 Å². The minimum absolute atomic E-state index is 0.00298. The van der Waals surface area contributed by atoms with Crippen LogP contribution in [0.3, 0.4) is 0 Å². The van der Waals surface area contributed by atoms with Crippen LogP contribution in [0, 0.1) is 0 Å². The van der Waals surface area contributed by atoms with Gasteiger partial charge in [-0.15, -0.1) is 0 Å². The standard InChI is InChI=1S/C22H19NO6/c1-27-15-9-8-14-17-19(12-6-4-5-7-13(12)20(17)25)23(11-10-16(24)28-2)22(26)18(14)21(15)29-3/h4-9H,10-11H2,1-3H3. The molecule has 0 fully saturated rings. The number of aromatic nitrogens is 1. The third-order valence-corrected chi connectivity index (χ3v) is 5.20. The number of nitrogens with zero attached hydrogens (tertiary/aromatic N) is 1. The van der Waals surface area contributed by atoms with Gasteiger partial charge in [0.1, 0.15) is 0 Å². The Bertz CT molecular complexity index is 1220. The highest BCUT2D eigenvalue weighted by Crippen LogP contribution is 2.43. The maximum Gasteiger partial charge on any atom is 0.307 e. The summed E-state index contributed by atoms with van der Waals surface area (Å²) in [5.74, 6) is 0.0357. The second-order valence-corrected chi connectivity index (χ2v) is 6.60. The van der Waals surface area contributed by atoms with Gasteiger partial charge >= 0.3 is 5.97 Å². The van der Waals surface area contributed by atoms with Crippen molar-refractivity contribution in [3.05, 3.63) is 57.9 Å². The summed E-state index contributed by atoms with van der Waals surface area (Å²) in [6.07, 6.45) is -0.00298. The normalized spacial score (nSPS) is 11.9. The first-order valence-corrected chi connectivity index (χ1v) is 9.05. The quantitative estimate of drug-likeness (QED) is 0.485. The molecule has 4 rings (SSSR count). The third-order valence-electron chi connectivity index (χ3n) is 5.20. The number of rotatable bonds is 5. The van der Waals surface area contributed by atoms with Gasteiger partial charge < -0.3 is 18.8 Å². The Balaban J connectivity index is 2.12. The van der Waals surface area contributed by atoms with Crippen molar-refractivity contribution in [1.82, 2.24) is 4.57 Å². The lowest BCUT2D eigenvalue weighted by atomic mass is 10.0. The van der Waals surface area contributed by atoms with E-state index in [9.17, 15) is 14.4 Å². The van der Waals surface area contributed by atoms with Crippen molar-refractivity contribution in [2.45, 2.75) is 13.0 Å². The molecule has 29 heavy (non-hydrogen) atoms. The van der Waals surface area contributed by atoms with E-state index < -0.39 is 5.97 Å². The number of pyridine rings is 1. The van der Waals surface area contributed by atoms with Crippen LogP contribution >= 0.6 is 0 Å². The molecule has 1 aliphatic rings. The van der Waals surface area contributed by atoms with E-state index >= 15 is 0 Å². The fourth-order valence-corrected chi connectivity index (χ4v) is 3.90. The molecule has 1 aliphatic carbocycles. The molecule has 0 atom stereocenters. The summed E-state index contributed by atoms with van der Waals surface area (Å²) in [5, 5.41) is 0.745. The van der Waals surface area contributed by atoms with Crippen molar-refractivity contribution in [1.29, 1.82) is 0 Å². The van der Waals surface area contributed by atoms with Crippen LogP contribution in [0.2, 0.25) is 0 Å². The highest BCUT2D eigenvalue weighted by atomic mass is 16.5.